The molecule has 2 nitrogen and oxygen atoms in total. The quantitative estimate of drug-likeness (QED) is 0.895. The molecule has 0 amide bonds. The lowest BCUT2D eigenvalue weighted by Gasteiger charge is -2.51. The topological polar surface area (TPSA) is 29.5 Å². The molecule has 0 heterocycles. The summed E-state index contributed by atoms with van der Waals surface area (Å²) < 4.78 is 5.71. The number of aliphatic hydroxyl groups is 1. The Labute approximate surface area is 115 Å². The SMILES string of the molecule is CC(C)Oc1ccc(C23CCC(O)(CC2)CC3)cc1. The molecule has 0 atom stereocenters. The van der Waals surface area contributed by atoms with E-state index in [4.69, 9.17) is 4.74 Å². The number of rotatable bonds is 3. The van der Waals surface area contributed by atoms with Crippen LogP contribution < -0.4 is 4.74 Å². The van der Waals surface area contributed by atoms with Gasteiger partial charge in [0.05, 0.1) is 11.7 Å². The fourth-order valence-electron chi connectivity index (χ4n) is 3.76. The Kier molecular flexibility index (Phi) is 3.09. The van der Waals surface area contributed by atoms with Crippen molar-refractivity contribution in [3.05, 3.63) is 29.8 Å². The summed E-state index contributed by atoms with van der Waals surface area (Å²) in [4.78, 5) is 0. The van der Waals surface area contributed by atoms with Crippen LogP contribution in [0.25, 0.3) is 0 Å². The maximum atomic E-state index is 10.3. The lowest BCUT2D eigenvalue weighted by molar-refractivity contribution is -0.0660. The van der Waals surface area contributed by atoms with Crippen LogP contribution in [0.4, 0.5) is 0 Å². The molecule has 19 heavy (non-hydrogen) atoms. The predicted molar refractivity (Wildman–Crippen MR) is 76.5 cm³/mol. The standard InChI is InChI=1S/C17H24O2/c1-13(2)19-15-5-3-14(4-6-15)16-7-10-17(18,11-8-16)12-9-16/h3-6,13,18H,7-12H2,1-2H3. The van der Waals surface area contributed by atoms with Crippen LogP contribution >= 0.6 is 0 Å². The number of benzene rings is 1. The Balaban J connectivity index is 1.79. The molecule has 0 aromatic heterocycles. The van der Waals surface area contributed by atoms with Gasteiger partial charge in [-0.2, -0.15) is 0 Å². The molecule has 0 unspecified atom stereocenters. The molecule has 0 radical (unpaired) electrons. The molecule has 0 spiro atoms. The van der Waals surface area contributed by atoms with Crippen LogP contribution in [0.5, 0.6) is 5.75 Å². The van der Waals surface area contributed by atoms with Crippen molar-refractivity contribution in [3.63, 3.8) is 0 Å². The van der Waals surface area contributed by atoms with E-state index in [9.17, 15) is 5.11 Å². The van der Waals surface area contributed by atoms with Crippen LogP contribution in [0.2, 0.25) is 0 Å². The largest absolute Gasteiger partial charge is 0.491 e. The van der Waals surface area contributed by atoms with Gasteiger partial charge in [0, 0.05) is 0 Å². The van der Waals surface area contributed by atoms with Gasteiger partial charge in [0.1, 0.15) is 5.75 Å². The minimum absolute atomic E-state index is 0.225. The fourth-order valence-corrected chi connectivity index (χ4v) is 3.76. The summed E-state index contributed by atoms with van der Waals surface area (Å²) in [7, 11) is 0. The average Bonchev–Trinajstić information content (AvgIpc) is 2.40. The van der Waals surface area contributed by atoms with E-state index in [0.717, 1.165) is 44.3 Å². The first kappa shape index (κ1) is 13.0. The summed E-state index contributed by atoms with van der Waals surface area (Å²) in [5.41, 5.74) is 1.41. The van der Waals surface area contributed by atoms with Gasteiger partial charge in [0.25, 0.3) is 0 Å². The predicted octanol–water partition coefficient (Wildman–Crippen LogP) is 3.81. The second-order valence-electron chi connectivity index (χ2n) is 6.70. The molecule has 3 saturated carbocycles. The first-order valence-corrected chi connectivity index (χ1v) is 7.51. The van der Waals surface area contributed by atoms with Crippen molar-refractivity contribution in [2.24, 2.45) is 0 Å². The van der Waals surface area contributed by atoms with E-state index >= 15 is 0 Å². The summed E-state index contributed by atoms with van der Waals surface area (Å²) in [5.74, 6) is 0.957. The van der Waals surface area contributed by atoms with E-state index in [1.54, 1.807) is 0 Å². The van der Waals surface area contributed by atoms with E-state index in [1.165, 1.54) is 5.56 Å². The number of ether oxygens (including phenoxy) is 1. The van der Waals surface area contributed by atoms with Crippen molar-refractivity contribution in [1.29, 1.82) is 0 Å². The van der Waals surface area contributed by atoms with Gasteiger partial charge >= 0.3 is 0 Å². The van der Waals surface area contributed by atoms with Crippen molar-refractivity contribution in [2.75, 3.05) is 0 Å². The third kappa shape index (κ3) is 2.38. The summed E-state index contributed by atoms with van der Waals surface area (Å²) >= 11 is 0. The van der Waals surface area contributed by atoms with Crippen LogP contribution in [0.1, 0.15) is 57.9 Å². The van der Waals surface area contributed by atoms with E-state index in [-0.39, 0.29) is 11.7 Å². The second-order valence-corrected chi connectivity index (χ2v) is 6.70. The Morgan fingerprint density at radius 1 is 0.947 bits per heavy atom. The maximum absolute atomic E-state index is 10.3. The normalized spacial score (nSPS) is 33.7. The monoisotopic (exact) mass is 260 g/mol. The van der Waals surface area contributed by atoms with Gasteiger partial charge in [0.15, 0.2) is 0 Å². The van der Waals surface area contributed by atoms with E-state index in [1.807, 2.05) is 0 Å². The molecule has 3 aliphatic carbocycles. The Morgan fingerprint density at radius 2 is 1.47 bits per heavy atom. The average molecular weight is 260 g/mol. The first-order chi connectivity index (χ1) is 9.01. The van der Waals surface area contributed by atoms with Gasteiger partial charge in [-0.3, -0.25) is 0 Å². The highest BCUT2D eigenvalue weighted by atomic mass is 16.5. The molecule has 1 aromatic rings. The molecule has 3 aliphatic rings. The molecule has 0 aliphatic heterocycles. The molecule has 1 N–H and O–H groups in total. The molecular weight excluding hydrogens is 236 g/mol. The minimum atomic E-state index is -0.345. The highest BCUT2D eigenvalue weighted by molar-refractivity contribution is 5.34. The van der Waals surface area contributed by atoms with Crippen molar-refractivity contribution in [1.82, 2.24) is 0 Å². The molecule has 1 aromatic carbocycles. The van der Waals surface area contributed by atoms with Gasteiger partial charge < -0.3 is 9.84 Å². The molecule has 104 valence electrons. The summed E-state index contributed by atoms with van der Waals surface area (Å²) in [6, 6.07) is 8.65. The summed E-state index contributed by atoms with van der Waals surface area (Å²) in [6.45, 7) is 4.10. The van der Waals surface area contributed by atoms with Crippen molar-refractivity contribution in [3.8, 4) is 5.75 Å². The molecule has 0 saturated heterocycles. The van der Waals surface area contributed by atoms with Crippen molar-refractivity contribution >= 4 is 0 Å². The van der Waals surface area contributed by atoms with Crippen LogP contribution in [0, 0.1) is 0 Å². The molecule has 2 bridgehead atoms. The summed E-state index contributed by atoms with van der Waals surface area (Å²) in [6.07, 6.45) is 6.53. The van der Waals surface area contributed by atoms with Gasteiger partial charge in [-0.05, 0) is 75.5 Å². The van der Waals surface area contributed by atoms with E-state index < -0.39 is 0 Å². The second kappa shape index (κ2) is 4.52. The van der Waals surface area contributed by atoms with Gasteiger partial charge in [-0.1, -0.05) is 12.1 Å². The number of hydrogen-bond donors (Lipinski definition) is 1. The third-order valence-electron chi connectivity index (χ3n) is 5.05. The lowest BCUT2D eigenvalue weighted by Crippen LogP contribution is -2.48. The minimum Gasteiger partial charge on any atom is -0.491 e. The maximum Gasteiger partial charge on any atom is 0.119 e. The third-order valence-corrected chi connectivity index (χ3v) is 5.05. The number of hydrogen-bond acceptors (Lipinski definition) is 2. The van der Waals surface area contributed by atoms with Crippen molar-refractivity contribution in [2.45, 2.75) is 69.5 Å². The smallest absolute Gasteiger partial charge is 0.119 e. The van der Waals surface area contributed by atoms with Crippen LogP contribution in [0.15, 0.2) is 24.3 Å². The van der Waals surface area contributed by atoms with E-state index in [2.05, 4.69) is 38.1 Å². The van der Waals surface area contributed by atoms with Crippen molar-refractivity contribution < 1.29 is 9.84 Å². The zero-order valence-electron chi connectivity index (χ0n) is 12.0. The summed E-state index contributed by atoms with van der Waals surface area (Å²) in [5, 5.41) is 10.3. The Morgan fingerprint density at radius 3 is 1.95 bits per heavy atom. The molecular formula is C17H24O2. The lowest BCUT2D eigenvalue weighted by atomic mass is 9.56. The van der Waals surface area contributed by atoms with Gasteiger partial charge in [0.2, 0.25) is 0 Å². The zero-order valence-corrected chi connectivity index (χ0v) is 12.0. The molecule has 3 fully saturated rings. The Bertz CT molecular complexity index is 422. The van der Waals surface area contributed by atoms with Crippen LogP contribution in [-0.2, 0) is 5.41 Å². The van der Waals surface area contributed by atoms with Crippen LogP contribution in [0.3, 0.4) is 0 Å². The fraction of sp³-hybridized carbons (Fsp3) is 0.647. The van der Waals surface area contributed by atoms with Gasteiger partial charge in [-0.15, -0.1) is 0 Å². The zero-order chi connectivity index (χ0) is 13.5. The van der Waals surface area contributed by atoms with Gasteiger partial charge in [-0.25, -0.2) is 0 Å². The molecule has 4 rings (SSSR count). The Hall–Kier alpha value is -1.02. The highest BCUT2D eigenvalue weighted by Gasteiger charge is 2.48. The first-order valence-electron chi connectivity index (χ1n) is 7.51. The number of fused-ring (bicyclic) bond motifs is 3. The van der Waals surface area contributed by atoms with Crippen LogP contribution in [-0.4, -0.2) is 16.8 Å². The molecule has 2 heteroatoms. The van der Waals surface area contributed by atoms with E-state index in [0.29, 0.717) is 5.41 Å². The highest BCUT2D eigenvalue weighted by Crippen LogP contribution is 2.53.